The van der Waals surface area contributed by atoms with Crippen LogP contribution < -0.4 is 5.32 Å². The van der Waals surface area contributed by atoms with Gasteiger partial charge in [-0.2, -0.15) is 0 Å². The van der Waals surface area contributed by atoms with Crippen molar-refractivity contribution >= 4 is 16.9 Å². The molecule has 1 aromatic carbocycles. The van der Waals surface area contributed by atoms with E-state index in [1.807, 2.05) is 55.1 Å². The molecule has 1 amide bonds. The topological polar surface area (TPSA) is 64.7 Å². The highest BCUT2D eigenvalue weighted by Crippen LogP contribution is 2.17. The van der Waals surface area contributed by atoms with Crippen LogP contribution in [-0.4, -0.2) is 31.6 Å². The minimum absolute atomic E-state index is 0.0250. The Hall–Kier alpha value is -2.63. The van der Waals surface area contributed by atoms with Crippen molar-refractivity contribution in [2.24, 2.45) is 0 Å². The largest absolute Gasteiger partial charge is 0.354 e. The number of amides is 1. The van der Waals surface area contributed by atoms with Crippen LogP contribution in [0.1, 0.15) is 31.6 Å². The van der Waals surface area contributed by atoms with Crippen LogP contribution >= 0.6 is 0 Å². The SMILES string of the molecule is Cc1nccn1CCCCNC(=O)C(C)n1cnc2ccccc21. The van der Waals surface area contributed by atoms with E-state index in [0.29, 0.717) is 6.54 Å². The Morgan fingerprint density at radius 2 is 2.08 bits per heavy atom. The van der Waals surface area contributed by atoms with Crippen LogP contribution in [0, 0.1) is 6.92 Å². The zero-order valence-electron chi connectivity index (χ0n) is 14.1. The highest BCUT2D eigenvalue weighted by molar-refractivity contribution is 5.83. The summed E-state index contributed by atoms with van der Waals surface area (Å²) < 4.78 is 4.04. The smallest absolute Gasteiger partial charge is 0.242 e. The molecule has 0 aliphatic carbocycles. The Bertz CT molecular complexity index is 820. The third kappa shape index (κ3) is 3.48. The van der Waals surface area contributed by atoms with E-state index in [4.69, 9.17) is 0 Å². The van der Waals surface area contributed by atoms with E-state index in [2.05, 4.69) is 19.9 Å². The first kappa shape index (κ1) is 16.2. The molecule has 6 heteroatoms. The number of nitrogens with zero attached hydrogens (tertiary/aromatic N) is 4. The highest BCUT2D eigenvalue weighted by atomic mass is 16.2. The molecule has 0 aliphatic heterocycles. The summed E-state index contributed by atoms with van der Waals surface area (Å²) in [5.74, 6) is 1.05. The van der Waals surface area contributed by atoms with E-state index >= 15 is 0 Å². The zero-order valence-corrected chi connectivity index (χ0v) is 14.1. The number of aromatic nitrogens is 4. The number of rotatable bonds is 7. The highest BCUT2D eigenvalue weighted by Gasteiger charge is 2.16. The molecule has 3 aromatic rings. The number of para-hydroxylation sites is 2. The predicted octanol–water partition coefficient (Wildman–Crippen LogP) is 2.70. The quantitative estimate of drug-likeness (QED) is 0.679. The molecule has 1 unspecified atom stereocenters. The normalized spacial score (nSPS) is 12.4. The van der Waals surface area contributed by atoms with Crippen molar-refractivity contribution in [1.82, 2.24) is 24.4 Å². The zero-order chi connectivity index (χ0) is 16.9. The monoisotopic (exact) mass is 325 g/mol. The van der Waals surface area contributed by atoms with Gasteiger partial charge in [0.25, 0.3) is 0 Å². The fraction of sp³-hybridized carbons (Fsp3) is 0.389. The second-order valence-electron chi connectivity index (χ2n) is 5.98. The number of imidazole rings is 2. The maximum atomic E-state index is 12.4. The first-order chi connectivity index (χ1) is 11.7. The minimum Gasteiger partial charge on any atom is -0.354 e. The molecule has 0 aliphatic rings. The minimum atomic E-state index is -0.270. The molecular weight excluding hydrogens is 302 g/mol. The number of nitrogens with one attached hydrogen (secondary N) is 1. The van der Waals surface area contributed by atoms with Crippen LogP contribution in [0.2, 0.25) is 0 Å². The van der Waals surface area contributed by atoms with Gasteiger partial charge in [0.1, 0.15) is 11.9 Å². The number of hydrogen-bond donors (Lipinski definition) is 1. The fourth-order valence-corrected chi connectivity index (χ4v) is 2.82. The van der Waals surface area contributed by atoms with E-state index in [1.54, 1.807) is 6.33 Å². The van der Waals surface area contributed by atoms with Crippen LogP contribution in [0.25, 0.3) is 11.0 Å². The molecule has 2 heterocycles. The lowest BCUT2D eigenvalue weighted by Crippen LogP contribution is -2.31. The van der Waals surface area contributed by atoms with Gasteiger partial charge in [-0.25, -0.2) is 9.97 Å². The molecule has 0 spiro atoms. The van der Waals surface area contributed by atoms with E-state index in [0.717, 1.165) is 36.2 Å². The summed E-state index contributed by atoms with van der Waals surface area (Å²) in [5, 5.41) is 3.02. The lowest BCUT2D eigenvalue weighted by Gasteiger charge is -2.14. The molecule has 0 saturated heterocycles. The lowest BCUT2D eigenvalue weighted by molar-refractivity contribution is -0.123. The van der Waals surface area contributed by atoms with E-state index in [9.17, 15) is 4.79 Å². The molecule has 3 rings (SSSR count). The molecule has 126 valence electrons. The van der Waals surface area contributed by atoms with Crippen LogP contribution in [0.15, 0.2) is 43.0 Å². The van der Waals surface area contributed by atoms with Gasteiger partial charge in [-0.3, -0.25) is 4.79 Å². The summed E-state index contributed by atoms with van der Waals surface area (Å²) >= 11 is 0. The fourth-order valence-electron chi connectivity index (χ4n) is 2.82. The molecule has 1 N–H and O–H groups in total. The molecule has 0 saturated carbocycles. The average molecular weight is 325 g/mol. The predicted molar refractivity (Wildman–Crippen MR) is 93.7 cm³/mol. The van der Waals surface area contributed by atoms with Gasteiger partial charge in [-0.05, 0) is 38.8 Å². The number of carbonyl (C=O) groups excluding carboxylic acids is 1. The molecule has 0 radical (unpaired) electrons. The van der Waals surface area contributed by atoms with Crippen LogP contribution in [0.3, 0.4) is 0 Å². The van der Waals surface area contributed by atoms with Gasteiger partial charge in [-0.1, -0.05) is 12.1 Å². The molecule has 24 heavy (non-hydrogen) atoms. The number of hydrogen-bond acceptors (Lipinski definition) is 3. The summed E-state index contributed by atoms with van der Waals surface area (Å²) in [4.78, 5) is 20.9. The Labute approximate surface area is 141 Å². The van der Waals surface area contributed by atoms with Gasteiger partial charge in [0.05, 0.1) is 17.4 Å². The number of carbonyl (C=O) groups is 1. The van der Waals surface area contributed by atoms with Crippen molar-refractivity contribution in [3.63, 3.8) is 0 Å². The van der Waals surface area contributed by atoms with Crippen molar-refractivity contribution in [1.29, 1.82) is 0 Å². The molecule has 0 bridgehead atoms. The van der Waals surface area contributed by atoms with E-state index in [1.165, 1.54) is 0 Å². The summed E-state index contributed by atoms with van der Waals surface area (Å²) in [6.45, 7) is 5.52. The van der Waals surface area contributed by atoms with Crippen LogP contribution in [0.4, 0.5) is 0 Å². The maximum absolute atomic E-state index is 12.4. The van der Waals surface area contributed by atoms with Crippen molar-refractivity contribution in [2.75, 3.05) is 6.54 Å². The Morgan fingerprint density at radius 3 is 2.88 bits per heavy atom. The summed E-state index contributed by atoms with van der Waals surface area (Å²) in [7, 11) is 0. The van der Waals surface area contributed by atoms with Crippen molar-refractivity contribution in [2.45, 2.75) is 39.3 Å². The van der Waals surface area contributed by atoms with Crippen molar-refractivity contribution < 1.29 is 4.79 Å². The van der Waals surface area contributed by atoms with Gasteiger partial charge < -0.3 is 14.5 Å². The van der Waals surface area contributed by atoms with Crippen molar-refractivity contribution in [3.05, 3.63) is 48.8 Å². The summed E-state index contributed by atoms with van der Waals surface area (Å²) in [5.41, 5.74) is 1.89. The molecule has 2 aromatic heterocycles. The number of benzene rings is 1. The molecular formula is C18H23N5O. The van der Waals surface area contributed by atoms with E-state index < -0.39 is 0 Å². The molecule has 6 nitrogen and oxygen atoms in total. The second kappa shape index (κ2) is 7.29. The van der Waals surface area contributed by atoms with E-state index in [-0.39, 0.29) is 11.9 Å². The third-order valence-electron chi connectivity index (χ3n) is 4.33. The number of fused-ring (bicyclic) bond motifs is 1. The van der Waals surface area contributed by atoms with Crippen molar-refractivity contribution in [3.8, 4) is 0 Å². The summed E-state index contributed by atoms with van der Waals surface area (Å²) in [6.07, 6.45) is 7.49. The Morgan fingerprint density at radius 1 is 1.25 bits per heavy atom. The molecule has 0 fully saturated rings. The Balaban J connectivity index is 1.47. The lowest BCUT2D eigenvalue weighted by atomic mass is 10.2. The standard InChI is InChI=1S/C18H23N5O/c1-14(23-13-21-16-7-3-4-8-17(16)23)18(24)20-9-5-6-11-22-12-10-19-15(22)2/h3-4,7-8,10,12-14H,5-6,9,11H2,1-2H3,(H,20,24). The first-order valence-electron chi connectivity index (χ1n) is 8.34. The van der Waals surface area contributed by atoms with Gasteiger partial charge >= 0.3 is 0 Å². The van der Waals surface area contributed by atoms with Gasteiger partial charge in [0.15, 0.2) is 0 Å². The maximum Gasteiger partial charge on any atom is 0.242 e. The van der Waals surface area contributed by atoms with Crippen LogP contribution in [-0.2, 0) is 11.3 Å². The number of aryl methyl sites for hydroxylation is 2. The van der Waals surface area contributed by atoms with Gasteiger partial charge in [0, 0.05) is 25.5 Å². The van der Waals surface area contributed by atoms with Gasteiger partial charge in [-0.15, -0.1) is 0 Å². The van der Waals surface area contributed by atoms with Crippen LogP contribution in [0.5, 0.6) is 0 Å². The number of unbranched alkanes of at least 4 members (excludes halogenated alkanes) is 1. The molecule has 1 atom stereocenters. The average Bonchev–Trinajstić information content (AvgIpc) is 3.20. The summed E-state index contributed by atoms with van der Waals surface area (Å²) in [6, 6.07) is 7.58. The first-order valence-corrected chi connectivity index (χ1v) is 8.34. The third-order valence-corrected chi connectivity index (χ3v) is 4.33. The second-order valence-corrected chi connectivity index (χ2v) is 5.98. The Kier molecular flexibility index (Phi) is 4.93. The van der Waals surface area contributed by atoms with Gasteiger partial charge in [0.2, 0.25) is 5.91 Å².